The quantitative estimate of drug-likeness (QED) is 0.785. The van der Waals surface area contributed by atoms with Crippen LogP contribution in [0.1, 0.15) is 22.7 Å². The van der Waals surface area contributed by atoms with Gasteiger partial charge in [-0.15, -0.1) is 0 Å². The Hall–Kier alpha value is -2.31. The number of carbonyl (C=O) groups is 1. The summed E-state index contributed by atoms with van der Waals surface area (Å²) in [6.07, 6.45) is 2.81. The van der Waals surface area contributed by atoms with Gasteiger partial charge in [-0.2, -0.15) is 8.78 Å². The third-order valence-electron chi connectivity index (χ3n) is 2.41. The highest BCUT2D eigenvalue weighted by molar-refractivity contribution is 5.74. The minimum absolute atomic E-state index is 0.0196. The van der Waals surface area contributed by atoms with Crippen molar-refractivity contribution in [2.45, 2.75) is 13.2 Å². The number of hydrogen-bond acceptors (Lipinski definition) is 3. The Morgan fingerprint density at radius 3 is 2.84 bits per heavy atom. The molecule has 1 heterocycles. The molecule has 0 aliphatic heterocycles. The van der Waals surface area contributed by atoms with E-state index in [-0.39, 0.29) is 23.7 Å². The van der Waals surface area contributed by atoms with E-state index in [1.165, 1.54) is 18.3 Å². The van der Waals surface area contributed by atoms with E-state index >= 15 is 0 Å². The van der Waals surface area contributed by atoms with Gasteiger partial charge in [0.15, 0.2) is 17.4 Å². The van der Waals surface area contributed by atoms with Crippen LogP contribution in [0.4, 0.5) is 13.2 Å². The molecule has 0 fully saturated rings. The van der Waals surface area contributed by atoms with Gasteiger partial charge >= 0.3 is 6.55 Å². The fraction of sp³-hybridized carbons (Fsp3) is 0.167. The highest BCUT2D eigenvalue weighted by Gasteiger charge is 2.12. The summed E-state index contributed by atoms with van der Waals surface area (Å²) in [6, 6.07) is 3.63. The first kappa shape index (κ1) is 13.1. The summed E-state index contributed by atoms with van der Waals surface area (Å²) in [7, 11) is 0. The molecule has 0 unspecified atom stereocenters. The summed E-state index contributed by atoms with van der Waals surface area (Å²) in [5, 5.41) is 0. The van der Waals surface area contributed by atoms with Crippen molar-refractivity contribution in [3.05, 3.63) is 47.8 Å². The maximum absolute atomic E-state index is 13.5. The van der Waals surface area contributed by atoms with Crippen LogP contribution >= 0.6 is 0 Å². The Labute approximate surface area is 106 Å². The van der Waals surface area contributed by atoms with Crippen LogP contribution in [0, 0.1) is 5.82 Å². The lowest BCUT2D eigenvalue weighted by molar-refractivity contribution is 0.0631. The molecular weight excluding hydrogens is 261 g/mol. The molecule has 0 aliphatic rings. The van der Waals surface area contributed by atoms with E-state index in [9.17, 15) is 18.0 Å². The fourth-order valence-electron chi connectivity index (χ4n) is 1.48. The van der Waals surface area contributed by atoms with Crippen LogP contribution in [-0.4, -0.2) is 15.8 Å². The molecule has 2 aromatic rings. The molecule has 100 valence electrons. The molecule has 0 amide bonds. The van der Waals surface area contributed by atoms with Crippen LogP contribution in [0.25, 0.3) is 0 Å². The van der Waals surface area contributed by atoms with E-state index in [0.29, 0.717) is 10.9 Å². The molecule has 1 aromatic heterocycles. The Balaban J connectivity index is 2.10. The van der Waals surface area contributed by atoms with Crippen molar-refractivity contribution < 1.29 is 22.7 Å². The average molecular weight is 270 g/mol. The molecule has 0 spiro atoms. The number of ether oxygens (including phenoxy) is 1. The van der Waals surface area contributed by atoms with Gasteiger partial charge in [-0.1, -0.05) is 0 Å². The standard InChI is InChI=1S/C12H9F3N2O2/c13-9-5-8(6-18)1-2-10(9)19-7-11-16-3-4-17(11)12(14)15/h1-6,12H,7H2. The molecule has 0 aliphatic carbocycles. The van der Waals surface area contributed by atoms with Gasteiger partial charge in [-0.05, 0) is 18.2 Å². The van der Waals surface area contributed by atoms with Crippen molar-refractivity contribution in [3.63, 3.8) is 0 Å². The summed E-state index contributed by atoms with van der Waals surface area (Å²) in [4.78, 5) is 14.1. The number of alkyl halides is 2. The van der Waals surface area contributed by atoms with Crippen LogP contribution < -0.4 is 4.74 Å². The van der Waals surface area contributed by atoms with Crippen LogP contribution in [-0.2, 0) is 6.61 Å². The molecule has 1 aromatic carbocycles. The molecule has 7 heteroatoms. The van der Waals surface area contributed by atoms with E-state index in [2.05, 4.69) is 4.98 Å². The second-order valence-electron chi connectivity index (χ2n) is 3.62. The number of nitrogens with zero attached hydrogens (tertiary/aromatic N) is 2. The van der Waals surface area contributed by atoms with Gasteiger partial charge in [-0.3, -0.25) is 9.36 Å². The number of carbonyl (C=O) groups excluding carboxylic acids is 1. The van der Waals surface area contributed by atoms with E-state index in [4.69, 9.17) is 4.74 Å². The maximum atomic E-state index is 13.5. The first-order valence-corrected chi connectivity index (χ1v) is 5.29. The summed E-state index contributed by atoms with van der Waals surface area (Å²) in [5.41, 5.74) is 0.166. The second kappa shape index (κ2) is 5.55. The zero-order valence-electron chi connectivity index (χ0n) is 9.59. The highest BCUT2D eigenvalue weighted by atomic mass is 19.3. The van der Waals surface area contributed by atoms with Crippen molar-refractivity contribution in [1.29, 1.82) is 0 Å². The SMILES string of the molecule is O=Cc1ccc(OCc2nccn2C(F)F)c(F)c1. The Morgan fingerprint density at radius 1 is 1.42 bits per heavy atom. The first-order chi connectivity index (χ1) is 9.11. The van der Waals surface area contributed by atoms with Gasteiger partial charge in [0, 0.05) is 18.0 Å². The normalized spacial score (nSPS) is 10.7. The number of rotatable bonds is 5. The molecule has 0 atom stereocenters. The van der Waals surface area contributed by atoms with Crippen molar-refractivity contribution in [1.82, 2.24) is 9.55 Å². The predicted octanol–water partition coefficient (Wildman–Crippen LogP) is 2.81. The molecule has 19 heavy (non-hydrogen) atoms. The lowest BCUT2D eigenvalue weighted by Crippen LogP contribution is -2.07. The first-order valence-electron chi connectivity index (χ1n) is 5.29. The van der Waals surface area contributed by atoms with Crippen LogP contribution in [0.2, 0.25) is 0 Å². The van der Waals surface area contributed by atoms with Gasteiger partial charge in [0.1, 0.15) is 12.9 Å². The lowest BCUT2D eigenvalue weighted by Gasteiger charge is -2.09. The van der Waals surface area contributed by atoms with Gasteiger partial charge in [0.2, 0.25) is 0 Å². The average Bonchev–Trinajstić information content (AvgIpc) is 2.85. The largest absolute Gasteiger partial charge is 0.483 e. The lowest BCUT2D eigenvalue weighted by atomic mass is 10.2. The van der Waals surface area contributed by atoms with Crippen molar-refractivity contribution in [2.24, 2.45) is 0 Å². The maximum Gasteiger partial charge on any atom is 0.320 e. The molecule has 0 saturated heterocycles. The van der Waals surface area contributed by atoms with Gasteiger partial charge in [-0.25, -0.2) is 9.37 Å². The van der Waals surface area contributed by atoms with E-state index in [1.54, 1.807) is 0 Å². The molecule has 4 nitrogen and oxygen atoms in total. The summed E-state index contributed by atoms with van der Waals surface area (Å²) >= 11 is 0. The minimum Gasteiger partial charge on any atom is -0.483 e. The number of hydrogen-bond donors (Lipinski definition) is 0. The molecule has 0 saturated carbocycles. The topological polar surface area (TPSA) is 44.1 Å². The number of benzene rings is 1. The molecule has 2 rings (SSSR count). The monoisotopic (exact) mass is 270 g/mol. The van der Waals surface area contributed by atoms with Gasteiger partial charge in [0.25, 0.3) is 0 Å². The number of aldehydes is 1. The minimum atomic E-state index is -2.73. The van der Waals surface area contributed by atoms with Crippen molar-refractivity contribution in [2.75, 3.05) is 0 Å². The highest BCUT2D eigenvalue weighted by Crippen LogP contribution is 2.20. The third-order valence-corrected chi connectivity index (χ3v) is 2.41. The van der Waals surface area contributed by atoms with Gasteiger partial charge < -0.3 is 4.74 Å². The summed E-state index contributed by atoms with van der Waals surface area (Å²) in [6.45, 7) is -3.03. The Bertz CT molecular complexity index is 584. The van der Waals surface area contributed by atoms with Gasteiger partial charge in [0.05, 0.1) is 0 Å². The molecule has 0 bridgehead atoms. The molecule has 0 N–H and O–H groups in total. The van der Waals surface area contributed by atoms with E-state index in [0.717, 1.165) is 12.3 Å². The Morgan fingerprint density at radius 2 is 2.21 bits per heavy atom. The number of aromatic nitrogens is 2. The number of halogens is 3. The zero-order chi connectivity index (χ0) is 13.8. The third kappa shape index (κ3) is 2.93. The summed E-state index contributed by atoms with van der Waals surface area (Å²) in [5.74, 6) is -0.886. The van der Waals surface area contributed by atoms with Crippen LogP contribution in [0.15, 0.2) is 30.6 Å². The number of imidazole rings is 1. The second-order valence-corrected chi connectivity index (χ2v) is 3.62. The smallest absolute Gasteiger partial charge is 0.320 e. The van der Waals surface area contributed by atoms with Crippen molar-refractivity contribution >= 4 is 6.29 Å². The van der Waals surface area contributed by atoms with Crippen molar-refractivity contribution in [3.8, 4) is 5.75 Å². The molecular formula is C12H9F3N2O2. The summed E-state index contributed by atoms with van der Waals surface area (Å²) < 4.78 is 44.2. The predicted molar refractivity (Wildman–Crippen MR) is 59.6 cm³/mol. The Kier molecular flexibility index (Phi) is 3.84. The van der Waals surface area contributed by atoms with E-state index in [1.807, 2.05) is 0 Å². The van der Waals surface area contributed by atoms with Crippen LogP contribution in [0.3, 0.4) is 0 Å². The van der Waals surface area contributed by atoms with Crippen LogP contribution in [0.5, 0.6) is 5.75 Å². The molecule has 0 radical (unpaired) electrons. The zero-order valence-corrected chi connectivity index (χ0v) is 9.59. The van der Waals surface area contributed by atoms with E-state index < -0.39 is 12.4 Å². The fourth-order valence-corrected chi connectivity index (χ4v) is 1.48.